The maximum absolute atomic E-state index is 9.54. The number of hydrogen-bond donors (Lipinski definition) is 2. The van der Waals surface area contributed by atoms with Gasteiger partial charge in [-0.05, 0) is 62.4 Å². The van der Waals surface area contributed by atoms with Crippen LogP contribution in [0.1, 0.15) is 31.2 Å². The normalized spacial score (nSPS) is 18.2. The first-order valence-corrected chi connectivity index (χ1v) is 7.99. The molecule has 1 fully saturated rings. The summed E-state index contributed by atoms with van der Waals surface area (Å²) in [4.78, 5) is 0. The Kier molecular flexibility index (Phi) is 5.24. The Morgan fingerprint density at radius 1 is 1.17 bits per heavy atom. The van der Waals surface area contributed by atoms with Crippen molar-refractivity contribution >= 4 is 31.9 Å². The highest BCUT2D eigenvalue weighted by molar-refractivity contribution is 9.13. The first-order chi connectivity index (χ1) is 8.65. The van der Waals surface area contributed by atoms with E-state index in [1.165, 1.54) is 18.4 Å². The van der Waals surface area contributed by atoms with Crippen LogP contribution in [0, 0.1) is 5.41 Å². The van der Waals surface area contributed by atoms with Crippen LogP contribution in [0.2, 0.25) is 0 Å². The number of benzene rings is 1. The minimum Gasteiger partial charge on any atom is -0.396 e. The van der Waals surface area contributed by atoms with Gasteiger partial charge >= 0.3 is 0 Å². The largest absolute Gasteiger partial charge is 0.396 e. The fourth-order valence-corrected chi connectivity index (χ4v) is 3.31. The van der Waals surface area contributed by atoms with Crippen LogP contribution < -0.4 is 5.32 Å². The second kappa shape index (κ2) is 6.51. The molecule has 0 bridgehead atoms. The summed E-state index contributed by atoms with van der Waals surface area (Å²) in [6.45, 7) is 2.08. The van der Waals surface area contributed by atoms with Gasteiger partial charge in [0.25, 0.3) is 0 Å². The van der Waals surface area contributed by atoms with Crippen molar-refractivity contribution < 1.29 is 5.11 Å². The summed E-state index contributed by atoms with van der Waals surface area (Å²) >= 11 is 6.98. The summed E-state index contributed by atoms with van der Waals surface area (Å²) in [5, 5.41) is 13.0. The van der Waals surface area contributed by atoms with Gasteiger partial charge in [0.15, 0.2) is 0 Å². The molecule has 0 saturated heterocycles. The molecule has 1 aliphatic rings. The molecule has 18 heavy (non-hydrogen) atoms. The molecule has 1 aromatic carbocycles. The monoisotopic (exact) mass is 375 g/mol. The van der Waals surface area contributed by atoms with Crippen LogP contribution in [0.3, 0.4) is 0 Å². The maximum Gasteiger partial charge on any atom is 0.0499 e. The van der Waals surface area contributed by atoms with E-state index in [-0.39, 0.29) is 5.41 Å². The van der Waals surface area contributed by atoms with Crippen molar-refractivity contribution in [2.45, 2.75) is 32.2 Å². The minimum atomic E-state index is 0.132. The molecule has 0 atom stereocenters. The molecule has 0 heterocycles. The highest BCUT2D eigenvalue weighted by Crippen LogP contribution is 2.37. The number of nitrogens with one attached hydrogen (secondary N) is 1. The summed E-state index contributed by atoms with van der Waals surface area (Å²) in [6.07, 6.45) is 4.82. The van der Waals surface area contributed by atoms with Crippen LogP contribution in [0.25, 0.3) is 0 Å². The van der Waals surface area contributed by atoms with Crippen molar-refractivity contribution in [2.75, 3.05) is 13.2 Å². The van der Waals surface area contributed by atoms with E-state index in [1.54, 1.807) is 0 Å². The topological polar surface area (TPSA) is 32.3 Å². The zero-order chi connectivity index (χ0) is 13.0. The summed E-state index contributed by atoms with van der Waals surface area (Å²) in [7, 11) is 0. The molecule has 0 aliphatic heterocycles. The molecule has 2 nitrogen and oxygen atoms in total. The lowest BCUT2D eigenvalue weighted by atomic mass is 9.87. The zero-order valence-electron chi connectivity index (χ0n) is 10.4. The van der Waals surface area contributed by atoms with E-state index in [0.717, 1.165) is 34.9 Å². The van der Waals surface area contributed by atoms with Crippen molar-refractivity contribution in [2.24, 2.45) is 5.41 Å². The quantitative estimate of drug-likeness (QED) is 0.817. The molecular formula is C14H19Br2NO. The molecule has 0 amide bonds. The summed E-state index contributed by atoms with van der Waals surface area (Å²) in [6, 6.07) is 6.29. The predicted octanol–water partition coefficient (Wildman–Crippen LogP) is 3.85. The van der Waals surface area contributed by atoms with Gasteiger partial charge in [-0.15, -0.1) is 0 Å². The van der Waals surface area contributed by atoms with Crippen molar-refractivity contribution in [1.82, 2.24) is 5.32 Å². The Labute approximate surface area is 125 Å². The number of aliphatic hydroxyl groups excluding tert-OH is 1. The fourth-order valence-electron chi connectivity index (χ4n) is 2.64. The van der Waals surface area contributed by atoms with E-state index in [9.17, 15) is 5.11 Å². The predicted molar refractivity (Wildman–Crippen MR) is 81.5 cm³/mol. The Balaban J connectivity index is 1.86. The van der Waals surface area contributed by atoms with Gasteiger partial charge in [-0.25, -0.2) is 0 Å². The molecule has 0 radical (unpaired) electrons. The third kappa shape index (κ3) is 3.56. The van der Waals surface area contributed by atoms with Gasteiger partial charge < -0.3 is 10.4 Å². The third-order valence-corrected chi connectivity index (χ3v) is 5.69. The van der Waals surface area contributed by atoms with Crippen LogP contribution >= 0.6 is 31.9 Å². The Bertz CT molecular complexity index is 403. The summed E-state index contributed by atoms with van der Waals surface area (Å²) in [5.74, 6) is 0. The standard InChI is InChI=1S/C14H19Br2NO/c15-12-4-3-11(7-13(12)16)8-17-9-14(10-18)5-1-2-6-14/h3-4,7,17-18H,1-2,5-6,8-10H2. The van der Waals surface area contributed by atoms with E-state index in [0.29, 0.717) is 6.61 Å². The second-order valence-corrected chi connectivity index (χ2v) is 6.93. The zero-order valence-corrected chi connectivity index (χ0v) is 13.6. The average molecular weight is 377 g/mol. The van der Waals surface area contributed by atoms with Crippen LogP contribution in [-0.4, -0.2) is 18.3 Å². The van der Waals surface area contributed by atoms with Crippen molar-refractivity contribution in [3.63, 3.8) is 0 Å². The third-order valence-electron chi connectivity index (χ3n) is 3.81. The van der Waals surface area contributed by atoms with Gasteiger partial charge in [0.1, 0.15) is 0 Å². The van der Waals surface area contributed by atoms with E-state index >= 15 is 0 Å². The highest BCUT2D eigenvalue weighted by Gasteiger charge is 2.32. The molecule has 2 N–H and O–H groups in total. The van der Waals surface area contributed by atoms with Gasteiger partial charge in [0.2, 0.25) is 0 Å². The highest BCUT2D eigenvalue weighted by atomic mass is 79.9. The molecule has 1 aromatic rings. The first kappa shape index (κ1) is 14.5. The molecule has 1 saturated carbocycles. The van der Waals surface area contributed by atoms with Crippen LogP contribution in [0.4, 0.5) is 0 Å². The Morgan fingerprint density at radius 2 is 1.89 bits per heavy atom. The Morgan fingerprint density at radius 3 is 2.50 bits per heavy atom. The molecule has 0 aromatic heterocycles. The number of rotatable bonds is 5. The van der Waals surface area contributed by atoms with Gasteiger partial charge in [-0.2, -0.15) is 0 Å². The lowest BCUT2D eigenvalue weighted by Gasteiger charge is -2.26. The van der Waals surface area contributed by atoms with Gasteiger partial charge in [0.05, 0.1) is 0 Å². The Hall–Kier alpha value is 0.1000. The molecular weight excluding hydrogens is 358 g/mol. The van der Waals surface area contributed by atoms with E-state index in [2.05, 4.69) is 55.4 Å². The molecule has 0 spiro atoms. The molecule has 2 rings (SSSR count). The molecule has 0 unspecified atom stereocenters. The van der Waals surface area contributed by atoms with Crippen LogP contribution in [0.15, 0.2) is 27.1 Å². The first-order valence-electron chi connectivity index (χ1n) is 6.41. The smallest absolute Gasteiger partial charge is 0.0499 e. The van der Waals surface area contributed by atoms with E-state index in [4.69, 9.17) is 0 Å². The van der Waals surface area contributed by atoms with Crippen molar-refractivity contribution in [3.8, 4) is 0 Å². The molecule has 4 heteroatoms. The van der Waals surface area contributed by atoms with E-state index in [1.807, 2.05) is 0 Å². The van der Waals surface area contributed by atoms with Crippen LogP contribution in [0.5, 0.6) is 0 Å². The van der Waals surface area contributed by atoms with Crippen molar-refractivity contribution in [1.29, 1.82) is 0 Å². The fraction of sp³-hybridized carbons (Fsp3) is 0.571. The maximum atomic E-state index is 9.54. The van der Waals surface area contributed by atoms with Gasteiger partial charge in [0, 0.05) is 34.1 Å². The lowest BCUT2D eigenvalue weighted by Crippen LogP contribution is -2.34. The SMILES string of the molecule is OCC1(CNCc2ccc(Br)c(Br)c2)CCCC1. The number of halogens is 2. The average Bonchev–Trinajstić information content (AvgIpc) is 2.83. The minimum absolute atomic E-state index is 0.132. The van der Waals surface area contributed by atoms with Crippen LogP contribution in [-0.2, 0) is 6.54 Å². The van der Waals surface area contributed by atoms with Crippen molar-refractivity contribution in [3.05, 3.63) is 32.7 Å². The molecule has 100 valence electrons. The summed E-state index contributed by atoms with van der Waals surface area (Å²) < 4.78 is 2.16. The number of hydrogen-bond acceptors (Lipinski definition) is 2. The van der Waals surface area contributed by atoms with Gasteiger partial charge in [-0.3, -0.25) is 0 Å². The van der Waals surface area contributed by atoms with Gasteiger partial charge in [-0.1, -0.05) is 18.9 Å². The lowest BCUT2D eigenvalue weighted by molar-refractivity contribution is 0.128. The second-order valence-electron chi connectivity index (χ2n) is 5.22. The summed E-state index contributed by atoms with van der Waals surface area (Å²) in [5.41, 5.74) is 1.39. The van der Waals surface area contributed by atoms with E-state index < -0.39 is 0 Å². The molecule has 1 aliphatic carbocycles. The number of aliphatic hydroxyl groups is 1.